The number of carbonyl (C=O) groups is 1. The standard InChI is InChI=1S/C11H23N3O2/c1-13(2)6-5-12-4-3-11(15)14-7-9-16-10-8-14/h12H,3-10H2,1-2H3. The number of nitrogens with one attached hydrogen (secondary N) is 1. The van der Waals surface area contributed by atoms with Crippen molar-refractivity contribution in [2.75, 3.05) is 60.0 Å². The molecule has 0 unspecified atom stereocenters. The van der Waals surface area contributed by atoms with Crippen LogP contribution in [-0.4, -0.2) is 75.7 Å². The van der Waals surface area contributed by atoms with Crippen LogP contribution in [0.1, 0.15) is 6.42 Å². The number of ether oxygens (including phenoxy) is 1. The highest BCUT2D eigenvalue weighted by atomic mass is 16.5. The van der Waals surface area contributed by atoms with Gasteiger partial charge in [-0.1, -0.05) is 0 Å². The van der Waals surface area contributed by atoms with Crippen molar-refractivity contribution < 1.29 is 9.53 Å². The van der Waals surface area contributed by atoms with Crippen LogP contribution in [0, 0.1) is 0 Å². The summed E-state index contributed by atoms with van der Waals surface area (Å²) < 4.78 is 5.20. The fraction of sp³-hybridized carbons (Fsp3) is 0.909. The molecule has 1 amide bonds. The maximum Gasteiger partial charge on any atom is 0.224 e. The average Bonchev–Trinajstić information content (AvgIpc) is 2.29. The second-order valence-corrected chi connectivity index (χ2v) is 4.30. The van der Waals surface area contributed by atoms with E-state index in [0.717, 1.165) is 32.7 Å². The number of likely N-dealkylation sites (N-methyl/N-ethyl adjacent to an activating group) is 1. The molecule has 1 heterocycles. The van der Waals surface area contributed by atoms with E-state index in [0.29, 0.717) is 19.6 Å². The molecule has 0 aromatic rings. The second kappa shape index (κ2) is 7.60. The van der Waals surface area contributed by atoms with E-state index in [1.54, 1.807) is 0 Å². The van der Waals surface area contributed by atoms with E-state index in [2.05, 4.69) is 10.2 Å². The van der Waals surface area contributed by atoms with Crippen LogP contribution in [0.25, 0.3) is 0 Å². The maximum atomic E-state index is 11.7. The first kappa shape index (κ1) is 13.4. The van der Waals surface area contributed by atoms with Gasteiger partial charge >= 0.3 is 0 Å². The summed E-state index contributed by atoms with van der Waals surface area (Å²) >= 11 is 0. The van der Waals surface area contributed by atoms with Crippen LogP contribution in [0.4, 0.5) is 0 Å². The summed E-state index contributed by atoms with van der Waals surface area (Å²) in [7, 11) is 4.08. The number of amides is 1. The molecule has 1 aliphatic rings. The summed E-state index contributed by atoms with van der Waals surface area (Å²) in [6.45, 7) is 5.56. The van der Waals surface area contributed by atoms with Gasteiger partial charge in [-0.15, -0.1) is 0 Å². The number of morpholine rings is 1. The fourth-order valence-electron chi connectivity index (χ4n) is 1.59. The lowest BCUT2D eigenvalue weighted by Gasteiger charge is -2.26. The minimum Gasteiger partial charge on any atom is -0.378 e. The van der Waals surface area contributed by atoms with Crippen LogP contribution in [0.15, 0.2) is 0 Å². The molecule has 0 aliphatic carbocycles. The number of carbonyl (C=O) groups excluding carboxylic acids is 1. The molecule has 1 fully saturated rings. The quantitative estimate of drug-likeness (QED) is 0.617. The van der Waals surface area contributed by atoms with Crippen molar-refractivity contribution in [3.63, 3.8) is 0 Å². The number of rotatable bonds is 6. The molecule has 16 heavy (non-hydrogen) atoms. The number of hydrogen-bond donors (Lipinski definition) is 1. The van der Waals surface area contributed by atoms with Gasteiger partial charge < -0.3 is 19.9 Å². The fourth-order valence-corrected chi connectivity index (χ4v) is 1.59. The SMILES string of the molecule is CN(C)CCNCCC(=O)N1CCOCC1. The molecule has 1 saturated heterocycles. The zero-order chi connectivity index (χ0) is 11.8. The first-order valence-corrected chi connectivity index (χ1v) is 5.91. The summed E-state index contributed by atoms with van der Waals surface area (Å²) in [4.78, 5) is 15.7. The third-order valence-electron chi connectivity index (χ3n) is 2.62. The Morgan fingerprint density at radius 1 is 1.31 bits per heavy atom. The van der Waals surface area contributed by atoms with Gasteiger partial charge in [0, 0.05) is 39.1 Å². The van der Waals surface area contributed by atoms with E-state index in [1.807, 2.05) is 19.0 Å². The van der Waals surface area contributed by atoms with Gasteiger partial charge in [-0.25, -0.2) is 0 Å². The van der Waals surface area contributed by atoms with Gasteiger partial charge in [-0.05, 0) is 14.1 Å². The Balaban J connectivity index is 2.01. The van der Waals surface area contributed by atoms with Crippen molar-refractivity contribution in [2.24, 2.45) is 0 Å². The second-order valence-electron chi connectivity index (χ2n) is 4.30. The summed E-state index contributed by atoms with van der Waals surface area (Å²) in [6.07, 6.45) is 0.591. The van der Waals surface area contributed by atoms with Crippen LogP contribution in [0.5, 0.6) is 0 Å². The smallest absolute Gasteiger partial charge is 0.224 e. The predicted octanol–water partition coefficient (Wildman–Crippen LogP) is -0.613. The monoisotopic (exact) mass is 229 g/mol. The Kier molecular flexibility index (Phi) is 6.37. The Morgan fingerprint density at radius 3 is 2.62 bits per heavy atom. The van der Waals surface area contributed by atoms with Gasteiger partial charge in [0.2, 0.25) is 5.91 Å². The maximum absolute atomic E-state index is 11.7. The number of hydrogen-bond acceptors (Lipinski definition) is 4. The molecule has 0 radical (unpaired) electrons. The van der Waals surface area contributed by atoms with Crippen molar-refractivity contribution >= 4 is 5.91 Å². The molecule has 0 aromatic carbocycles. The predicted molar refractivity (Wildman–Crippen MR) is 63.4 cm³/mol. The summed E-state index contributed by atoms with van der Waals surface area (Å²) in [5.74, 6) is 0.237. The molecule has 0 spiro atoms. The Bertz CT molecular complexity index is 203. The van der Waals surface area contributed by atoms with E-state index in [4.69, 9.17) is 4.74 Å². The normalized spacial score (nSPS) is 16.8. The summed E-state index contributed by atoms with van der Waals surface area (Å²) in [5, 5.41) is 3.27. The van der Waals surface area contributed by atoms with Gasteiger partial charge in [0.15, 0.2) is 0 Å². The van der Waals surface area contributed by atoms with E-state index in [1.165, 1.54) is 0 Å². The van der Waals surface area contributed by atoms with Crippen LogP contribution in [-0.2, 0) is 9.53 Å². The Hall–Kier alpha value is -0.650. The van der Waals surface area contributed by atoms with Gasteiger partial charge in [-0.2, -0.15) is 0 Å². The zero-order valence-electron chi connectivity index (χ0n) is 10.4. The van der Waals surface area contributed by atoms with Gasteiger partial charge in [0.25, 0.3) is 0 Å². The molecule has 5 nitrogen and oxygen atoms in total. The molecular formula is C11H23N3O2. The lowest BCUT2D eigenvalue weighted by molar-refractivity contribution is -0.135. The van der Waals surface area contributed by atoms with Gasteiger partial charge in [0.05, 0.1) is 13.2 Å². The molecule has 1 rings (SSSR count). The average molecular weight is 229 g/mol. The van der Waals surface area contributed by atoms with Crippen LogP contribution >= 0.6 is 0 Å². The molecule has 94 valence electrons. The first-order chi connectivity index (χ1) is 7.70. The summed E-state index contributed by atoms with van der Waals surface area (Å²) in [5.41, 5.74) is 0. The van der Waals surface area contributed by atoms with Crippen LogP contribution in [0.3, 0.4) is 0 Å². The van der Waals surface area contributed by atoms with Crippen LogP contribution < -0.4 is 5.32 Å². The highest BCUT2D eigenvalue weighted by Crippen LogP contribution is 1.99. The minimum absolute atomic E-state index is 0.237. The third-order valence-corrected chi connectivity index (χ3v) is 2.62. The first-order valence-electron chi connectivity index (χ1n) is 5.91. The van der Waals surface area contributed by atoms with Crippen molar-refractivity contribution in [1.29, 1.82) is 0 Å². The van der Waals surface area contributed by atoms with E-state index in [-0.39, 0.29) is 5.91 Å². The zero-order valence-corrected chi connectivity index (χ0v) is 10.4. The van der Waals surface area contributed by atoms with E-state index < -0.39 is 0 Å². The molecular weight excluding hydrogens is 206 g/mol. The molecule has 0 atom stereocenters. The largest absolute Gasteiger partial charge is 0.378 e. The number of nitrogens with zero attached hydrogens (tertiary/aromatic N) is 2. The minimum atomic E-state index is 0.237. The van der Waals surface area contributed by atoms with E-state index >= 15 is 0 Å². The highest BCUT2D eigenvalue weighted by Gasteiger charge is 2.15. The van der Waals surface area contributed by atoms with Crippen molar-refractivity contribution in [3.05, 3.63) is 0 Å². The summed E-state index contributed by atoms with van der Waals surface area (Å²) in [6, 6.07) is 0. The van der Waals surface area contributed by atoms with Gasteiger partial charge in [0.1, 0.15) is 0 Å². The molecule has 1 aliphatic heterocycles. The van der Waals surface area contributed by atoms with Crippen molar-refractivity contribution in [2.45, 2.75) is 6.42 Å². The third kappa shape index (κ3) is 5.44. The molecule has 0 saturated carbocycles. The van der Waals surface area contributed by atoms with E-state index in [9.17, 15) is 4.79 Å². The topological polar surface area (TPSA) is 44.8 Å². The molecule has 1 N–H and O–H groups in total. The molecule has 5 heteroatoms. The molecule has 0 aromatic heterocycles. The van der Waals surface area contributed by atoms with Crippen molar-refractivity contribution in [3.8, 4) is 0 Å². The van der Waals surface area contributed by atoms with Crippen molar-refractivity contribution in [1.82, 2.24) is 15.1 Å². The lowest BCUT2D eigenvalue weighted by atomic mass is 10.3. The molecule has 0 bridgehead atoms. The Morgan fingerprint density at radius 2 is 2.00 bits per heavy atom. The van der Waals surface area contributed by atoms with Crippen LogP contribution in [0.2, 0.25) is 0 Å². The lowest BCUT2D eigenvalue weighted by Crippen LogP contribution is -2.41. The Labute approximate surface area is 97.7 Å². The highest BCUT2D eigenvalue weighted by molar-refractivity contribution is 5.76. The van der Waals surface area contributed by atoms with Gasteiger partial charge in [-0.3, -0.25) is 4.79 Å².